The molecule has 0 fully saturated rings. The number of rotatable bonds is 6. The molecule has 1 N–H and O–H groups in total. The summed E-state index contributed by atoms with van der Waals surface area (Å²) in [5.41, 5.74) is 4.75. The van der Waals surface area contributed by atoms with Crippen LogP contribution in [-0.2, 0) is 19.5 Å². The molecule has 0 saturated heterocycles. The number of carbonyl (C=O) groups excluding carboxylic acids is 1. The van der Waals surface area contributed by atoms with Crippen LogP contribution >= 0.6 is 0 Å². The lowest BCUT2D eigenvalue weighted by Gasteiger charge is -2.08. The minimum absolute atomic E-state index is 0.124. The molecule has 4 aromatic rings. The van der Waals surface area contributed by atoms with Gasteiger partial charge in [0.1, 0.15) is 5.82 Å². The van der Waals surface area contributed by atoms with Crippen LogP contribution in [-0.4, -0.2) is 15.7 Å². The number of benzene rings is 3. The quantitative estimate of drug-likeness (QED) is 0.521. The van der Waals surface area contributed by atoms with Gasteiger partial charge in [0.25, 0.3) is 5.91 Å². The molecule has 1 aromatic heterocycles. The van der Waals surface area contributed by atoms with E-state index in [9.17, 15) is 9.18 Å². The molecule has 146 valence electrons. The van der Waals surface area contributed by atoms with Gasteiger partial charge in [-0.05, 0) is 47.4 Å². The number of amides is 1. The average Bonchev–Trinajstić information content (AvgIpc) is 3.16. The van der Waals surface area contributed by atoms with Crippen molar-refractivity contribution in [1.29, 1.82) is 0 Å². The summed E-state index contributed by atoms with van der Waals surface area (Å²) >= 11 is 0. The van der Waals surface area contributed by atoms with Gasteiger partial charge >= 0.3 is 0 Å². The molecule has 0 unspecified atom stereocenters. The summed E-state index contributed by atoms with van der Waals surface area (Å²) < 4.78 is 14.9. The highest BCUT2D eigenvalue weighted by molar-refractivity contribution is 5.97. The molecule has 29 heavy (non-hydrogen) atoms. The van der Waals surface area contributed by atoms with Gasteiger partial charge in [-0.25, -0.2) is 4.39 Å². The second-order valence-corrected chi connectivity index (χ2v) is 7.06. The first-order chi connectivity index (χ1) is 14.1. The number of hydrogen-bond acceptors (Lipinski definition) is 2. The molecule has 0 aliphatic carbocycles. The molecule has 1 amide bonds. The predicted octanol–water partition coefficient (Wildman–Crippen LogP) is 4.72. The molecular weight excluding hydrogens is 365 g/mol. The van der Waals surface area contributed by atoms with Crippen molar-refractivity contribution in [3.8, 4) is 0 Å². The zero-order valence-electron chi connectivity index (χ0n) is 16.2. The summed E-state index contributed by atoms with van der Waals surface area (Å²) in [6.07, 6.45) is 2.77. The van der Waals surface area contributed by atoms with Crippen molar-refractivity contribution in [2.24, 2.45) is 0 Å². The normalized spacial score (nSPS) is 11.0. The average molecular weight is 387 g/mol. The monoisotopic (exact) mass is 387 g/mol. The van der Waals surface area contributed by atoms with Crippen LogP contribution in [0.25, 0.3) is 10.9 Å². The number of fused-ring (bicyclic) bond motifs is 1. The second-order valence-electron chi connectivity index (χ2n) is 7.06. The van der Waals surface area contributed by atoms with Crippen LogP contribution in [0.2, 0.25) is 0 Å². The van der Waals surface area contributed by atoms with Gasteiger partial charge in [-0.2, -0.15) is 5.10 Å². The number of halogens is 1. The van der Waals surface area contributed by atoms with Crippen LogP contribution in [0.15, 0.2) is 72.9 Å². The lowest BCUT2D eigenvalue weighted by atomic mass is 10.1. The zero-order valence-corrected chi connectivity index (χ0v) is 16.2. The molecular formula is C24H22FN3O. The fourth-order valence-corrected chi connectivity index (χ4v) is 3.28. The number of nitrogens with one attached hydrogen (secondary N) is 1. The Balaban J connectivity index is 1.49. The van der Waals surface area contributed by atoms with Crippen molar-refractivity contribution >= 4 is 16.8 Å². The van der Waals surface area contributed by atoms with E-state index in [2.05, 4.69) is 29.5 Å². The number of carbonyl (C=O) groups is 1. The summed E-state index contributed by atoms with van der Waals surface area (Å²) in [4.78, 5) is 12.6. The third kappa shape index (κ3) is 4.35. The van der Waals surface area contributed by atoms with Crippen molar-refractivity contribution in [2.75, 3.05) is 0 Å². The Labute approximate surface area is 169 Å². The SMILES string of the molecule is CCc1ccc(CNC(=O)c2ccc3cnn(Cc4ccc(F)cc4)c3c2)cc1. The van der Waals surface area contributed by atoms with Crippen LogP contribution in [0.1, 0.15) is 34.0 Å². The maximum atomic E-state index is 13.1. The van der Waals surface area contributed by atoms with Crippen molar-refractivity contribution < 1.29 is 9.18 Å². The molecule has 0 spiro atoms. The molecule has 1 heterocycles. The van der Waals surface area contributed by atoms with Crippen molar-refractivity contribution in [3.05, 3.63) is 101 Å². The summed E-state index contributed by atoms with van der Waals surface area (Å²) in [6, 6.07) is 20.2. The minimum atomic E-state index is -0.262. The molecule has 0 bridgehead atoms. The molecule has 0 radical (unpaired) electrons. The Morgan fingerprint density at radius 2 is 1.66 bits per heavy atom. The summed E-state index contributed by atoms with van der Waals surface area (Å²) in [6.45, 7) is 3.11. The molecule has 5 heteroatoms. The van der Waals surface area contributed by atoms with Crippen molar-refractivity contribution in [1.82, 2.24) is 15.1 Å². The third-order valence-electron chi connectivity index (χ3n) is 5.04. The maximum absolute atomic E-state index is 13.1. The van der Waals surface area contributed by atoms with Gasteiger partial charge in [0.2, 0.25) is 0 Å². The number of aromatic nitrogens is 2. The molecule has 4 nitrogen and oxygen atoms in total. The highest BCUT2D eigenvalue weighted by atomic mass is 19.1. The van der Waals surface area contributed by atoms with Gasteiger partial charge in [-0.1, -0.05) is 49.4 Å². The van der Waals surface area contributed by atoms with Crippen LogP contribution < -0.4 is 5.32 Å². The van der Waals surface area contributed by atoms with E-state index >= 15 is 0 Å². The van der Waals surface area contributed by atoms with E-state index in [4.69, 9.17) is 0 Å². The van der Waals surface area contributed by atoms with Gasteiger partial charge in [0, 0.05) is 17.5 Å². The Morgan fingerprint density at radius 1 is 0.966 bits per heavy atom. The molecule has 0 aliphatic rings. The van der Waals surface area contributed by atoms with Gasteiger partial charge in [0.15, 0.2) is 0 Å². The fraction of sp³-hybridized carbons (Fsp3) is 0.167. The minimum Gasteiger partial charge on any atom is -0.348 e. The molecule has 0 atom stereocenters. The van der Waals surface area contributed by atoms with Crippen molar-refractivity contribution in [2.45, 2.75) is 26.4 Å². The first kappa shape index (κ1) is 18.9. The Bertz CT molecular complexity index is 1130. The lowest BCUT2D eigenvalue weighted by Crippen LogP contribution is -2.22. The third-order valence-corrected chi connectivity index (χ3v) is 5.04. The van der Waals surface area contributed by atoms with E-state index in [0.717, 1.165) is 28.5 Å². The number of hydrogen-bond donors (Lipinski definition) is 1. The van der Waals surface area contributed by atoms with E-state index in [1.165, 1.54) is 17.7 Å². The molecule has 3 aromatic carbocycles. The van der Waals surface area contributed by atoms with E-state index in [0.29, 0.717) is 18.7 Å². The summed E-state index contributed by atoms with van der Waals surface area (Å²) in [7, 11) is 0. The summed E-state index contributed by atoms with van der Waals surface area (Å²) in [5.74, 6) is -0.386. The predicted molar refractivity (Wildman–Crippen MR) is 112 cm³/mol. The van der Waals surface area contributed by atoms with Crippen LogP contribution in [0, 0.1) is 5.82 Å². The van der Waals surface area contributed by atoms with Gasteiger partial charge in [-0.3, -0.25) is 9.48 Å². The second kappa shape index (κ2) is 8.27. The smallest absolute Gasteiger partial charge is 0.251 e. The summed E-state index contributed by atoms with van der Waals surface area (Å²) in [5, 5.41) is 8.35. The first-order valence-electron chi connectivity index (χ1n) is 9.68. The van der Waals surface area contributed by atoms with Crippen LogP contribution in [0.5, 0.6) is 0 Å². The number of nitrogens with zero attached hydrogens (tertiary/aromatic N) is 2. The van der Waals surface area contributed by atoms with Crippen molar-refractivity contribution in [3.63, 3.8) is 0 Å². The molecule has 0 saturated carbocycles. The Kier molecular flexibility index (Phi) is 5.38. The first-order valence-corrected chi connectivity index (χ1v) is 9.68. The largest absolute Gasteiger partial charge is 0.348 e. The number of aryl methyl sites for hydroxylation is 1. The molecule has 4 rings (SSSR count). The van der Waals surface area contributed by atoms with Crippen LogP contribution in [0.4, 0.5) is 4.39 Å². The highest BCUT2D eigenvalue weighted by Gasteiger charge is 2.10. The highest BCUT2D eigenvalue weighted by Crippen LogP contribution is 2.18. The van der Waals surface area contributed by atoms with Gasteiger partial charge < -0.3 is 5.32 Å². The Hall–Kier alpha value is -3.47. The van der Waals surface area contributed by atoms with Gasteiger partial charge in [0.05, 0.1) is 18.3 Å². The van der Waals surface area contributed by atoms with Gasteiger partial charge in [-0.15, -0.1) is 0 Å². The zero-order chi connectivity index (χ0) is 20.2. The van der Waals surface area contributed by atoms with E-state index in [-0.39, 0.29) is 11.7 Å². The molecule has 0 aliphatic heterocycles. The lowest BCUT2D eigenvalue weighted by molar-refractivity contribution is 0.0951. The van der Waals surface area contributed by atoms with E-state index in [1.807, 2.05) is 35.0 Å². The van der Waals surface area contributed by atoms with E-state index in [1.54, 1.807) is 18.3 Å². The Morgan fingerprint density at radius 3 is 2.38 bits per heavy atom. The topological polar surface area (TPSA) is 46.9 Å². The van der Waals surface area contributed by atoms with E-state index < -0.39 is 0 Å². The maximum Gasteiger partial charge on any atom is 0.251 e. The standard InChI is InChI=1S/C24H22FN3O/c1-2-17-3-5-18(6-4-17)14-26-24(29)20-9-10-21-15-27-28(23(21)13-20)16-19-7-11-22(25)12-8-19/h3-13,15H,2,14,16H2,1H3,(H,26,29). The fourth-order valence-electron chi connectivity index (χ4n) is 3.28. The van der Waals surface area contributed by atoms with Crippen LogP contribution in [0.3, 0.4) is 0 Å².